The molecule has 0 saturated heterocycles. The maximum Gasteiger partial charge on any atom is 0.0716 e. The van der Waals surface area contributed by atoms with Crippen LogP contribution in [0.15, 0.2) is 70.5 Å². The average molecular weight is 206 g/mol. The summed E-state index contributed by atoms with van der Waals surface area (Å²) in [7, 11) is 0. The molecule has 0 radical (unpaired) electrons. The Balaban J connectivity index is 2.35. The third-order valence-electron chi connectivity index (χ3n) is 2.57. The fraction of sp³-hybridized carbons (Fsp3) is 0. The molecule has 76 valence electrons. The van der Waals surface area contributed by atoms with Gasteiger partial charge < -0.3 is 0 Å². The molecule has 2 heterocycles. The van der Waals surface area contributed by atoms with Crippen molar-refractivity contribution in [1.82, 2.24) is 0 Å². The van der Waals surface area contributed by atoms with Crippen LogP contribution in [0.4, 0.5) is 0 Å². The summed E-state index contributed by atoms with van der Waals surface area (Å²) < 4.78 is 0. The van der Waals surface area contributed by atoms with Gasteiger partial charge in [-0.3, -0.25) is 4.99 Å². The van der Waals surface area contributed by atoms with E-state index in [1.165, 1.54) is 5.22 Å². The lowest BCUT2D eigenvalue weighted by Gasteiger charge is -1.94. The molecule has 0 spiro atoms. The average Bonchev–Trinajstić information content (AvgIpc) is 2.69. The van der Waals surface area contributed by atoms with Crippen LogP contribution in [0.3, 0.4) is 0 Å². The molecular weight excluding hydrogens is 196 g/mol. The summed E-state index contributed by atoms with van der Waals surface area (Å²) in [5.41, 5.74) is 2.16. The van der Waals surface area contributed by atoms with E-state index in [1.54, 1.807) is 12.4 Å². The first kappa shape index (κ1) is 9.04. The molecule has 0 atom stereocenters. The molecule has 2 aliphatic heterocycles. The van der Waals surface area contributed by atoms with Gasteiger partial charge in [-0.1, -0.05) is 24.3 Å². The van der Waals surface area contributed by atoms with E-state index in [-0.39, 0.29) is 0 Å². The molecule has 3 rings (SSSR count). The number of aliphatic imine (C=N–C) groups is 1. The molecule has 0 saturated carbocycles. The van der Waals surface area contributed by atoms with E-state index in [0.717, 1.165) is 16.6 Å². The Kier molecular flexibility index (Phi) is 2.11. The Morgan fingerprint density at radius 3 is 2.94 bits per heavy atom. The molecule has 1 aromatic carbocycles. The fourth-order valence-electron chi connectivity index (χ4n) is 1.85. The van der Waals surface area contributed by atoms with E-state index in [9.17, 15) is 0 Å². The van der Waals surface area contributed by atoms with Gasteiger partial charge in [-0.25, -0.2) is 4.99 Å². The van der Waals surface area contributed by atoms with Gasteiger partial charge in [0.1, 0.15) is 0 Å². The van der Waals surface area contributed by atoms with Crippen molar-refractivity contribution < 1.29 is 0 Å². The summed E-state index contributed by atoms with van der Waals surface area (Å²) in [5.74, 6) is 0. The van der Waals surface area contributed by atoms with Crippen LogP contribution >= 0.6 is 0 Å². The minimum absolute atomic E-state index is 0.999. The van der Waals surface area contributed by atoms with Crippen molar-refractivity contribution in [3.8, 4) is 0 Å². The van der Waals surface area contributed by atoms with Gasteiger partial charge >= 0.3 is 0 Å². The molecule has 0 amide bonds. The first-order valence-electron chi connectivity index (χ1n) is 5.20. The molecule has 0 bridgehead atoms. The van der Waals surface area contributed by atoms with Gasteiger partial charge in [0.25, 0.3) is 0 Å². The highest BCUT2D eigenvalue weighted by molar-refractivity contribution is 5.82. The number of allylic oxidation sites excluding steroid dienone is 4. The number of hydrogen-bond acceptors (Lipinski definition) is 2. The van der Waals surface area contributed by atoms with Crippen molar-refractivity contribution in [3.63, 3.8) is 0 Å². The zero-order valence-electron chi connectivity index (χ0n) is 8.67. The van der Waals surface area contributed by atoms with E-state index in [4.69, 9.17) is 0 Å². The molecule has 0 aromatic heterocycles. The van der Waals surface area contributed by atoms with Gasteiger partial charge in [0.15, 0.2) is 0 Å². The topological polar surface area (TPSA) is 24.7 Å². The predicted molar refractivity (Wildman–Crippen MR) is 65.5 cm³/mol. The van der Waals surface area contributed by atoms with E-state index in [0.29, 0.717) is 0 Å². The van der Waals surface area contributed by atoms with Gasteiger partial charge in [0, 0.05) is 23.2 Å². The minimum Gasteiger partial charge on any atom is -0.265 e. The summed E-state index contributed by atoms with van der Waals surface area (Å²) in [5, 5.41) is 2.23. The summed E-state index contributed by atoms with van der Waals surface area (Å²) in [6.45, 7) is 0. The normalized spacial score (nSPS) is 26.0. The highest BCUT2D eigenvalue weighted by Crippen LogP contribution is 2.15. The van der Waals surface area contributed by atoms with Crippen LogP contribution in [0.5, 0.6) is 0 Å². The largest absolute Gasteiger partial charge is 0.265 e. The SMILES string of the molecule is C1=C\C2=c3ccccc3=N/C2=C/C=C\N=C/1. The van der Waals surface area contributed by atoms with Crippen LogP contribution in [-0.4, -0.2) is 6.21 Å². The standard InChI is InChI=1S/C14H10N2/c1-2-7-13-11(5-1)12-6-3-9-15-10-4-8-14(12)16-13/h1-10H/b6-3-,8-4?,9-3?,10-4-,12-6?,14-8+,15-9-,15-10?. The van der Waals surface area contributed by atoms with Crippen molar-refractivity contribution in [2.75, 3.05) is 0 Å². The maximum atomic E-state index is 4.58. The Morgan fingerprint density at radius 1 is 1.00 bits per heavy atom. The number of para-hydroxylation sites is 1. The fourth-order valence-corrected chi connectivity index (χ4v) is 1.85. The van der Waals surface area contributed by atoms with Gasteiger partial charge in [0.05, 0.1) is 11.1 Å². The summed E-state index contributed by atoms with van der Waals surface area (Å²) in [6.07, 6.45) is 11.4. The van der Waals surface area contributed by atoms with Gasteiger partial charge in [-0.05, 0) is 24.3 Å². The molecule has 0 aliphatic carbocycles. The highest BCUT2D eigenvalue weighted by atomic mass is 14.8. The molecule has 1 aromatic rings. The molecular formula is C14H10N2. The Bertz CT molecular complexity index is 658. The zero-order valence-corrected chi connectivity index (χ0v) is 8.67. The van der Waals surface area contributed by atoms with Crippen LogP contribution < -0.4 is 10.6 Å². The molecule has 0 fully saturated rings. The van der Waals surface area contributed by atoms with Crippen molar-refractivity contribution in [2.24, 2.45) is 9.98 Å². The Hall–Kier alpha value is -2.22. The highest BCUT2D eigenvalue weighted by Gasteiger charge is 2.08. The second-order valence-electron chi connectivity index (χ2n) is 3.59. The number of fused-ring (bicyclic) bond motifs is 2. The second kappa shape index (κ2) is 3.74. The number of nitrogens with zero attached hydrogens (tertiary/aromatic N) is 2. The molecule has 0 unspecified atom stereocenters. The lowest BCUT2D eigenvalue weighted by molar-refractivity contribution is 1.32. The smallest absolute Gasteiger partial charge is 0.0716 e. The lowest BCUT2D eigenvalue weighted by Crippen LogP contribution is -2.21. The first-order chi connectivity index (χ1) is 7.95. The van der Waals surface area contributed by atoms with Gasteiger partial charge in [-0.2, -0.15) is 0 Å². The van der Waals surface area contributed by atoms with Gasteiger partial charge in [-0.15, -0.1) is 0 Å². The van der Waals surface area contributed by atoms with Crippen LogP contribution in [0.2, 0.25) is 0 Å². The Morgan fingerprint density at radius 2 is 1.94 bits per heavy atom. The van der Waals surface area contributed by atoms with Crippen LogP contribution in [0.1, 0.15) is 0 Å². The Labute approximate surface area is 93.4 Å². The molecule has 2 nitrogen and oxygen atoms in total. The van der Waals surface area contributed by atoms with Crippen molar-refractivity contribution in [2.45, 2.75) is 0 Å². The minimum atomic E-state index is 0.999. The molecule has 16 heavy (non-hydrogen) atoms. The second-order valence-corrected chi connectivity index (χ2v) is 3.59. The lowest BCUT2D eigenvalue weighted by atomic mass is 10.1. The molecule has 2 heteroatoms. The maximum absolute atomic E-state index is 4.58. The zero-order chi connectivity index (χ0) is 10.8. The number of benzene rings is 1. The summed E-state index contributed by atoms with van der Waals surface area (Å²) in [4.78, 5) is 8.67. The first-order valence-corrected chi connectivity index (χ1v) is 5.20. The van der Waals surface area contributed by atoms with Crippen LogP contribution in [0.25, 0.3) is 5.57 Å². The summed E-state index contributed by atoms with van der Waals surface area (Å²) >= 11 is 0. The monoisotopic (exact) mass is 206 g/mol. The molecule has 2 aliphatic rings. The number of rotatable bonds is 0. The quantitative estimate of drug-likeness (QED) is 0.614. The third-order valence-corrected chi connectivity index (χ3v) is 2.57. The number of hydrogen-bond donors (Lipinski definition) is 0. The molecule has 0 N–H and O–H groups in total. The van der Waals surface area contributed by atoms with E-state index in [2.05, 4.69) is 22.1 Å². The third kappa shape index (κ3) is 1.44. The van der Waals surface area contributed by atoms with Crippen LogP contribution in [0, 0.1) is 0 Å². The van der Waals surface area contributed by atoms with E-state index in [1.807, 2.05) is 36.4 Å². The summed E-state index contributed by atoms with van der Waals surface area (Å²) in [6, 6.07) is 8.18. The van der Waals surface area contributed by atoms with Crippen molar-refractivity contribution in [3.05, 3.63) is 71.0 Å². The van der Waals surface area contributed by atoms with Gasteiger partial charge in [0.2, 0.25) is 0 Å². The van der Waals surface area contributed by atoms with Crippen molar-refractivity contribution >= 4 is 11.8 Å². The van der Waals surface area contributed by atoms with E-state index >= 15 is 0 Å². The van der Waals surface area contributed by atoms with E-state index < -0.39 is 0 Å². The van der Waals surface area contributed by atoms with Crippen LogP contribution in [-0.2, 0) is 0 Å². The predicted octanol–water partition coefficient (Wildman–Crippen LogP) is 1.51. The van der Waals surface area contributed by atoms with Crippen molar-refractivity contribution in [1.29, 1.82) is 0 Å².